The molecule has 6 nitrogen and oxygen atoms in total. The number of ether oxygens (including phenoxy) is 4. The average Bonchev–Trinajstić information content (AvgIpc) is 2.91. The molecule has 0 saturated carbocycles. The third-order valence-electron chi connectivity index (χ3n) is 7.35. The number of hydrogen-bond donors (Lipinski definition) is 0. The van der Waals surface area contributed by atoms with Crippen LogP contribution in [0.25, 0.3) is 0 Å². The van der Waals surface area contributed by atoms with E-state index in [0.29, 0.717) is 11.8 Å². The van der Waals surface area contributed by atoms with Crippen LogP contribution < -0.4 is 0 Å². The third-order valence-corrected chi connectivity index (χ3v) is 7.35. The molecule has 0 aromatic heterocycles. The zero-order valence-corrected chi connectivity index (χ0v) is 19.4. The molecule has 0 aliphatic carbocycles. The second-order valence-electron chi connectivity index (χ2n) is 9.21. The predicted octanol–water partition coefficient (Wildman–Crippen LogP) is 4.35. The van der Waals surface area contributed by atoms with Gasteiger partial charge in [-0.2, -0.15) is 0 Å². The van der Waals surface area contributed by atoms with Crippen molar-refractivity contribution in [3.05, 3.63) is 0 Å². The van der Waals surface area contributed by atoms with Crippen LogP contribution in [0.5, 0.6) is 0 Å². The first-order valence-electron chi connectivity index (χ1n) is 11.2. The van der Waals surface area contributed by atoms with Crippen molar-refractivity contribution in [3.8, 4) is 0 Å². The van der Waals surface area contributed by atoms with E-state index in [4.69, 9.17) is 18.9 Å². The monoisotopic (exact) mass is 412 g/mol. The lowest BCUT2D eigenvalue weighted by Crippen LogP contribution is -2.53. The second kappa shape index (κ2) is 9.88. The summed E-state index contributed by atoms with van der Waals surface area (Å²) in [6.07, 6.45) is 1.25. The van der Waals surface area contributed by atoms with Gasteiger partial charge in [0.15, 0.2) is 6.29 Å². The maximum absolute atomic E-state index is 12.1. The van der Waals surface area contributed by atoms with Crippen LogP contribution in [-0.4, -0.2) is 42.6 Å². The molecule has 2 aliphatic heterocycles. The highest BCUT2D eigenvalue weighted by Crippen LogP contribution is 2.46. The number of carbonyl (C=O) groups excluding carboxylic acids is 2. The molecule has 168 valence electrons. The fourth-order valence-electron chi connectivity index (χ4n) is 4.70. The van der Waals surface area contributed by atoms with Gasteiger partial charge in [-0.05, 0) is 37.5 Å². The topological polar surface area (TPSA) is 71.1 Å². The van der Waals surface area contributed by atoms with Crippen molar-refractivity contribution in [2.24, 2.45) is 29.6 Å². The Hall–Kier alpha value is -0.980. The Balaban J connectivity index is 2.23. The van der Waals surface area contributed by atoms with E-state index in [2.05, 4.69) is 48.5 Å². The zero-order chi connectivity index (χ0) is 21.9. The lowest BCUT2D eigenvalue weighted by Gasteiger charge is -2.46. The quantitative estimate of drug-likeness (QED) is 0.436. The van der Waals surface area contributed by atoms with Crippen molar-refractivity contribution < 1.29 is 28.5 Å². The van der Waals surface area contributed by atoms with Crippen LogP contribution in [0, 0.1) is 29.6 Å². The molecule has 29 heavy (non-hydrogen) atoms. The van der Waals surface area contributed by atoms with Crippen LogP contribution in [0.3, 0.4) is 0 Å². The van der Waals surface area contributed by atoms with Gasteiger partial charge >= 0.3 is 5.97 Å². The molecule has 0 aromatic carbocycles. The molecular formula is C23H40O6. The largest absolute Gasteiger partial charge is 0.460 e. The first-order valence-corrected chi connectivity index (χ1v) is 11.2. The van der Waals surface area contributed by atoms with Gasteiger partial charge in [-0.15, -0.1) is 0 Å². The highest BCUT2D eigenvalue weighted by atomic mass is 16.8. The molecule has 0 radical (unpaired) electrons. The molecular weight excluding hydrogens is 372 g/mol. The Morgan fingerprint density at radius 3 is 2.03 bits per heavy atom. The van der Waals surface area contributed by atoms with Crippen molar-refractivity contribution in [2.45, 2.75) is 98.9 Å². The summed E-state index contributed by atoms with van der Waals surface area (Å²) in [5.41, 5.74) is 0. The molecule has 9 unspecified atom stereocenters. The molecule has 2 fully saturated rings. The summed E-state index contributed by atoms with van der Waals surface area (Å²) in [5.74, 6) is -0.492. The maximum atomic E-state index is 12.1. The molecule has 2 saturated heterocycles. The van der Waals surface area contributed by atoms with Crippen LogP contribution in [0.15, 0.2) is 0 Å². The standard InChI is InChI=1S/C23H40O6/c1-9-19-15(5)14(4)16(6)22(27-19)29-23(12-26-21(25)11-13(3)24)18(8)17(7)20(10-2)28-23/h14-20,22H,9-12H2,1-8H3. The van der Waals surface area contributed by atoms with Gasteiger partial charge < -0.3 is 18.9 Å². The summed E-state index contributed by atoms with van der Waals surface area (Å²) in [7, 11) is 0. The van der Waals surface area contributed by atoms with E-state index < -0.39 is 18.0 Å². The Morgan fingerprint density at radius 2 is 1.52 bits per heavy atom. The van der Waals surface area contributed by atoms with Crippen molar-refractivity contribution in [3.63, 3.8) is 0 Å². The van der Waals surface area contributed by atoms with E-state index in [1.54, 1.807) is 0 Å². The molecule has 0 spiro atoms. The third kappa shape index (κ3) is 5.20. The summed E-state index contributed by atoms with van der Waals surface area (Å²) >= 11 is 0. The van der Waals surface area contributed by atoms with Crippen molar-refractivity contribution in [2.75, 3.05) is 6.61 Å². The molecule has 0 bridgehead atoms. The molecule has 0 N–H and O–H groups in total. The van der Waals surface area contributed by atoms with Crippen LogP contribution in [0.2, 0.25) is 0 Å². The maximum Gasteiger partial charge on any atom is 0.313 e. The van der Waals surface area contributed by atoms with Gasteiger partial charge in [-0.1, -0.05) is 48.5 Å². The normalized spacial score (nSPS) is 42.6. The van der Waals surface area contributed by atoms with Crippen LogP contribution in [0.4, 0.5) is 0 Å². The van der Waals surface area contributed by atoms with Crippen molar-refractivity contribution >= 4 is 11.8 Å². The van der Waals surface area contributed by atoms with Gasteiger partial charge in [0.1, 0.15) is 18.8 Å². The fraction of sp³-hybridized carbons (Fsp3) is 0.913. The zero-order valence-electron chi connectivity index (χ0n) is 19.4. The van der Waals surface area contributed by atoms with E-state index in [1.807, 2.05) is 0 Å². The summed E-state index contributed by atoms with van der Waals surface area (Å²) in [5, 5.41) is 0. The Morgan fingerprint density at radius 1 is 0.897 bits per heavy atom. The van der Waals surface area contributed by atoms with Gasteiger partial charge in [0.2, 0.25) is 5.79 Å². The Labute approximate surface area is 176 Å². The van der Waals surface area contributed by atoms with Gasteiger partial charge in [-0.25, -0.2) is 0 Å². The van der Waals surface area contributed by atoms with E-state index in [-0.39, 0.29) is 48.8 Å². The predicted molar refractivity (Wildman–Crippen MR) is 110 cm³/mol. The van der Waals surface area contributed by atoms with E-state index >= 15 is 0 Å². The number of esters is 1. The van der Waals surface area contributed by atoms with Gasteiger partial charge in [0, 0.05) is 11.8 Å². The molecule has 0 amide bonds. The molecule has 2 rings (SSSR count). The summed E-state index contributed by atoms with van der Waals surface area (Å²) in [4.78, 5) is 23.3. The van der Waals surface area contributed by atoms with Crippen molar-refractivity contribution in [1.82, 2.24) is 0 Å². The number of hydrogen-bond acceptors (Lipinski definition) is 6. The van der Waals surface area contributed by atoms with Crippen molar-refractivity contribution in [1.29, 1.82) is 0 Å². The number of carbonyl (C=O) groups is 2. The van der Waals surface area contributed by atoms with E-state index in [9.17, 15) is 9.59 Å². The first-order chi connectivity index (χ1) is 13.6. The minimum absolute atomic E-state index is 0.0168. The number of Topliss-reactive ketones (excluding diaryl/α,β-unsaturated/α-hetero) is 1. The minimum Gasteiger partial charge on any atom is -0.460 e. The molecule has 6 heteroatoms. The highest BCUT2D eigenvalue weighted by Gasteiger charge is 2.55. The SMILES string of the molecule is CCC1OC(OC2(COC(=O)CC(C)=O)OC(CC)C(C)C2C)C(C)C(C)C1C. The number of ketones is 1. The number of rotatable bonds is 8. The second-order valence-corrected chi connectivity index (χ2v) is 9.21. The first kappa shape index (κ1) is 24.3. The molecule has 0 aromatic rings. The average molecular weight is 413 g/mol. The van der Waals surface area contributed by atoms with Crippen LogP contribution in [-0.2, 0) is 28.5 Å². The minimum atomic E-state index is -1.07. The summed E-state index contributed by atoms with van der Waals surface area (Å²) in [6.45, 7) is 16.4. The molecule has 9 atom stereocenters. The Bertz CT molecular complexity index is 576. The van der Waals surface area contributed by atoms with E-state index in [1.165, 1.54) is 6.92 Å². The highest BCUT2D eigenvalue weighted by molar-refractivity contribution is 5.94. The van der Waals surface area contributed by atoms with E-state index in [0.717, 1.165) is 12.8 Å². The summed E-state index contributed by atoms with van der Waals surface area (Å²) < 4.78 is 24.8. The van der Waals surface area contributed by atoms with Gasteiger partial charge in [-0.3, -0.25) is 9.59 Å². The van der Waals surface area contributed by atoms with Gasteiger partial charge in [0.25, 0.3) is 0 Å². The van der Waals surface area contributed by atoms with Crippen LogP contribution in [0.1, 0.15) is 74.7 Å². The Kier molecular flexibility index (Phi) is 8.28. The van der Waals surface area contributed by atoms with Crippen LogP contribution >= 0.6 is 0 Å². The molecule has 2 aliphatic rings. The fourth-order valence-corrected chi connectivity index (χ4v) is 4.70. The summed E-state index contributed by atoms with van der Waals surface area (Å²) in [6, 6.07) is 0. The van der Waals surface area contributed by atoms with Gasteiger partial charge in [0.05, 0.1) is 12.2 Å². The lowest BCUT2D eigenvalue weighted by atomic mass is 9.78. The molecule has 2 heterocycles. The smallest absolute Gasteiger partial charge is 0.313 e. The lowest BCUT2D eigenvalue weighted by molar-refractivity contribution is -0.360.